The van der Waals surface area contributed by atoms with Gasteiger partial charge in [-0.3, -0.25) is 0 Å². The number of hydrogen-bond donors (Lipinski definition) is 1. The van der Waals surface area contributed by atoms with Crippen LogP contribution in [0.3, 0.4) is 0 Å². The molecule has 2 N–H and O–H groups in total. The highest BCUT2D eigenvalue weighted by Gasteiger charge is 2.32. The van der Waals surface area contributed by atoms with E-state index >= 15 is 0 Å². The van der Waals surface area contributed by atoms with E-state index in [2.05, 4.69) is 25.7 Å². The predicted octanol–water partition coefficient (Wildman–Crippen LogP) is 3.85. The van der Waals surface area contributed by atoms with Crippen LogP contribution in [0.25, 0.3) is 0 Å². The van der Waals surface area contributed by atoms with Gasteiger partial charge in [-0.15, -0.1) is 0 Å². The van der Waals surface area contributed by atoms with E-state index in [1.165, 1.54) is 6.42 Å². The van der Waals surface area contributed by atoms with Crippen LogP contribution in [-0.4, -0.2) is 18.1 Å². The lowest BCUT2D eigenvalue weighted by atomic mass is 9.80. The molecule has 1 aliphatic heterocycles. The SMILES string of the molecule is CC(C)(C)C1CCN(c2cc(Cl)ccc2C(N)=S)C1. The molecule has 104 valence electrons. The van der Waals surface area contributed by atoms with E-state index in [1.54, 1.807) is 0 Å². The lowest BCUT2D eigenvalue weighted by Crippen LogP contribution is -2.27. The number of benzene rings is 1. The van der Waals surface area contributed by atoms with Crippen LogP contribution in [0.4, 0.5) is 5.69 Å². The lowest BCUT2D eigenvalue weighted by Gasteiger charge is -2.28. The van der Waals surface area contributed by atoms with Gasteiger partial charge in [-0.2, -0.15) is 0 Å². The summed E-state index contributed by atoms with van der Waals surface area (Å²) in [5.41, 5.74) is 8.15. The van der Waals surface area contributed by atoms with Crippen LogP contribution in [0.2, 0.25) is 5.02 Å². The molecule has 1 heterocycles. The molecule has 4 heteroatoms. The lowest BCUT2D eigenvalue weighted by molar-refractivity contribution is 0.263. The van der Waals surface area contributed by atoms with Crippen molar-refractivity contribution < 1.29 is 0 Å². The number of nitrogens with zero attached hydrogens (tertiary/aromatic N) is 1. The Balaban J connectivity index is 2.28. The van der Waals surface area contributed by atoms with Crippen molar-refractivity contribution in [3.63, 3.8) is 0 Å². The minimum atomic E-state index is 0.330. The highest BCUT2D eigenvalue weighted by molar-refractivity contribution is 7.80. The number of halogens is 1. The van der Waals surface area contributed by atoms with Crippen molar-refractivity contribution in [2.75, 3.05) is 18.0 Å². The highest BCUT2D eigenvalue weighted by atomic mass is 35.5. The maximum absolute atomic E-state index is 6.12. The fraction of sp³-hybridized carbons (Fsp3) is 0.533. The second kappa shape index (κ2) is 5.29. The van der Waals surface area contributed by atoms with E-state index in [0.29, 0.717) is 16.3 Å². The second-order valence-electron chi connectivity index (χ2n) is 6.32. The van der Waals surface area contributed by atoms with Crippen molar-refractivity contribution in [1.82, 2.24) is 0 Å². The van der Waals surface area contributed by atoms with Crippen LogP contribution in [0, 0.1) is 11.3 Å². The highest BCUT2D eigenvalue weighted by Crippen LogP contribution is 2.37. The van der Waals surface area contributed by atoms with E-state index in [1.807, 2.05) is 18.2 Å². The first-order valence-electron chi connectivity index (χ1n) is 6.63. The summed E-state index contributed by atoms with van der Waals surface area (Å²) in [6, 6.07) is 5.74. The maximum atomic E-state index is 6.12. The molecule has 0 bridgehead atoms. The Morgan fingerprint density at radius 3 is 2.63 bits per heavy atom. The number of anilines is 1. The van der Waals surface area contributed by atoms with Gasteiger partial charge >= 0.3 is 0 Å². The van der Waals surface area contributed by atoms with Crippen LogP contribution < -0.4 is 10.6 Å². The average molecular weight is 297 g/mol. The quantitative estimate of drug-likeness (QED) is 0.841. The first-order chi connectivity index (χ1) is 8.79. The second-order valence-corrected chi connectivity index (χ2v) is 7.20. The molecule has 0 saturated carbocycles. The van der Waals surface area contributed by atoms with Gasteiger partial charge in [0.1, 0.15) is 4.99 Å². The molecular formula is C15H21ClN2S. The normalized spacial score (nSPS) is 19.8. The van der Waals surface area contributed by atoms with Crippen molar-refractivity contribution in [1.29, 1.82) is 0 Å². The maximum Gasteiger partial charge on any atom is 0.106 e. The monoisotopic (exact) mass is 296 g/mol. The summed E-state index contributed by atoms with van der Waals surface area (Å²) < 4.78 is 0. The summed E-state index contributed by atoms with van der Waals surface area (Å²) in [6.07, 6.45) is 1.20. The average Bonchev–Trinajstić information content (AvgIpc) is 2.77. The van der Waals surface area contributed by atoms with Gasteiger partial charge in [-0.25, -0.2) is 0 Å². The van der Waals surface area contributed by atoms with Crippen LogP contribution in [-0.2, 0) is 0 Å². The molecule has 1 aromatic carbocycles. The molecule has 0 aliphatic carbocycles. The summed E-state index contributed by atoms with van der Waals surface area (Å²) in [6.45, 7) is 8.98. The van der Waals surface area contributed by atoms with E-state index in [0.717, 1.165) is 29.4 Å². The van der Waals surface area contributed by atoms with E-state index < -0.39 is 0 Å². The van der Waals surface area contributed by atoms with E-state index in [9.17, 15) is 0 Å². The Bertz CT molecular complexity index is 493. The van der Waals surface area contributed by atoms with Crippen LogP contribution in [0.1, 0.15) is 32.8 Å². The van der Waals surface area contributed by atoms with E-state index in [-0.39, 0.29) is 0 Å². The van der Waals surface area contributed by atoms with Gasteiger partial charge < -0.3 is 10.6 Å². The van der Waals surface area contributed by atoms with Crippen molar-refractivity contribution in [3.05, 3.63) is 28.8 Å². The summed E-state index contributed by atoms with van der Waals surface area (Å²) in [5, 5.41) is 0.731. The first-order valence-corrected chi connectivity index (χ1v) is 7.42. The molecule has 0 radical (unpaired) electrons. The molecule has 19 heavy (non-hydrogen) atoms. The van der Waals surface area contributed by atoms with Gasteiger partial charge in [-0.05, 0) is 36.0 Å². The van der Waals surface area contributed by atoms with Crippen LogP contribution in [0.5, 0.6) is 0 Å². The van der Waals surface area contributed by atoms with Gasteiger partial charge in [0.25, 0.3) is 0 Å². The molecule has 1 unspecified atom stereocenters. The first kappa shape index (κ1) is 14.6. The number of hydrogen-bond acceptors (Lipinski definition) is 2. The summed E-state index contributed by atoms with van der Waals surface area (Å²) >= 11 is 11.3. The van der Waals surface area contributed by atoms with Gasteiger partial charge in [0.05, 0.1) is 0 Å². The van der Waals surface area contributed by atoms with Crippen molar-refractivity contribution in [2.45, 2.75) is 27.2 Å². The zero-order valence-electron chi connectivity index (χ0n) is 11.7. The van der Waals surface area contributed by atoms with Crippen LogP contribution in [0.15, 0.2) is 18.2 Å². The topological polar surface area (TPSA) is 29.3 Å². The molecule has 2 nitrogen and oxygen atoms in total. The van der Waals surface area contributed by atoms with Crippen molar-refractivity contribution >= 4 is 34.5 Å². The fourth-order valence-corrected chi connectivity index (χ4v) is 3.00. The minimum Gasteiger partial charge on any atom is -0.389 e. The molecule has 0 aromatic heterocycles. The third-order valence-corrected chi connectivity index (χ3v) is 4.43. The molecule has 1 fully saturated rings. The largest absolute Gasteiger partial charge is 0.389 e. The Morgan fingerprint density at radius 2 is 2.11 bits per heavy atom. The van der Waals surface area contributed by atoms with Gasteiger partial charge in [0.2, 0.25) is 0 Å². The predicted molar refractivity (Wildman–Crippen MR) is 87.1 cm³/mol. The third kappa shape index (κ3) is 3.21. The van der Waals surface area contributed by atoms with Crippen molar-refractivity contribution in [3.8, 4) is 0 Å². The molecule has 1 aromatic rings. The summed E-state index contributed by atoms with van der Waals surface area (Å²) in [5.74, 6) is 0.686. The molecule has 0 spiro atoms. The fourth-order valence-electron chi connectivity index (χ4n) is 2.66. The molecule has 2 rings (SSSR count). The number of thiocarbonyl (C=S) groups is 1. The Kier molecular flexibility index (Phi) is 4.07. The summed E-state index contributed by atoms with van der Waals surface area (Å²) in [4.78, 5) is 2.79. The van der Waals surface area contributed by atoms with Gasteiger partial charge in [-0.1, -0.05) is 44.6 Å². The number of nitrogens with two attached hydrogens (primary N) is 1. The van der Waals surface area contributed by atoms with Gasteiger partial charge in [0, 0.05) is 29.4 Å². The Labute approximate surface area is 125 Å². The standard InChI is InChI=1S/C15H21ClN2S/c1-15(2,3)10-6-7-18(9-10)13-8-11(16)4-5-12(13)14(17)19/h4-5,8,10H,6-7,9H2,1-3H3,(H2,17,19). The Morgan fingerprint density at radius 1 is 1.42 bits per heavy atom. The van der Waals surface area contributed by atoms with Gasteiger partial charge in [0.15, 0.2) is 0 Å². The minimum absolute atomic E-state index is 0.330. The van der Waals surface area contributed by atoms with Crippen molar-refractivity contribution in [2.24, 2.45) is 17.1 Å². The molecule has 1 saturated heterocycles. The molecule has 1 atom stereocenters. The zero-order chi connectivity index (χ0) is 14.2. The third-order valence-electron chi connectivity index (χ3n) is 3.98. The molecule has 1 aliphatic rings. The smallest absolute Gasteiger partial charge is 0.106 e. The molecular weight excluding hydrogens is 276 g/mol. The summed E-state index contributed by atoms with van der Waals surface area (Å²) in [7, 11) is 0. The Hall–Kier alpha value is -0.800. The zero-order valence-corrected chi connectivity index (χ0v) is 13.3. The molecule has 0 amide bonds. The number of rotatable bonds is 2. The van der Waals surface area contributed by atoms with E-state index in [4.69, 9.17) is 29.6 Å². The van der Waals surface area contributed by atoms with Crippen LogP contribution >= 0.6 is 23.8 Å².